The van der Waals surface area contributed by atoms with E-state index >= 15 is 0 Å². The number of anilines is 1. The molecule has 27 heavy (non-hydrogen) atoms. The van der Waals surface area contributed by atoms with Crippen LogP contribution in [0.2, 0.25) is 0 Å². The molecule has 0 saturated heterocycles. The summed E-state index contributed by atoms with van der Waals surface area (Å²) in [5, 5.41) is 12.2. The summed E-state index contributed by atoms with van der Waals surface area (Å²) in [6.45, 7) is 0. The van der Waals surface area contributed by atoms with E-state index in [4.69, 9.17) is 9.47 Å². The van der Waals surface area contributed by atoms with Crippen LogP contribution >= 0.6 is 11.3 Å². The van der Waals surface area contributed by atoms with Crippen molar-refractivity contribution >= 4 is 28.5 Å². The second-order valence-electron chi connectivity index (χ2n) is 5.60. The number of nitrogens with one attached hydrogen (secondary N) is 1. The van der Waals surface area contributed by atoms with Crippen molar-refractivity contribution in [1.29, 1.82) is 0 Å². The second kappa shape index (κ2) is 8.95. The molecule has 1 aromatic heterocycles. The zero-order valence-electron chi connectivity index (χ0n) is 15.0. The third kappa shape index (κ3) is 5.15. The number of benzene rings is 2. The Kier molecular flexibility index (Phi) is 6.17. The molecule has 0 aliphatic carbocycles. The number of carbonyl (C=O) groups excluding carboxylic acids is 1. The average molecular weight is 381 g/mol. The lowest BCUT2D eigenvalue weighted by atomic mass is 10.1. The molecule has 1 heterocycles. The number of carbonyl (C=O) groups is 1. The van der Waals surface area contributed by atoms with Crippen LogP contribution in [0.5, 0.6) is 11.5 Å². The first kappa shape index (κ1) is 18.6. The lowest BCUT2D eigenvalue weighted by Crippen LogP contribution is -2.07. The van der Waals surface area contributed by atoms with Crippen molar-refractivity contribution in [2.75, 3.05) is 19.5 Å². The fourth-order valence-electron chi connectivity index (χ4n) is 2.42. The maximum atomic E-state index is 12.0. The molecule has 2 aromatic carbocycles. The fourth-order valence-corrected chi connectivity index (χ4v) is 3.20. The third-order valence-corrected chi connectivity index (χ3v) is 4.57. The van der Waals surface area contributed by atoms with Crippen molar-refractivity contribution in [3.05, 3.63) is 70.7 Å². The van der Waals surface area contributed by atoms with Gasteiger partial charge in [-0.25, -0.2) is 0 Å². The van der Waals surface area contributed by atoms with Crippen LogP contribution in [0.1, 0.15) is 16.1 Å². The Morgan fingerprint density at radius 2 is 1.85 bits per heavy atom. The van der Waals surface area contributed by atoms with Crippen molar-refractivity contribution in [3.8, 4) is 11.5 Å². The summed E-state index contributed by atoms with van der Waals surface area (Å²) in [5.74, 6) is 1.10. The Hall–Kier alpha value is -3.19. The summed E-state index contributed by atoms with van der Waals surface area (Å²) in [7, 11) is 3.20. The van der Waals surface area contributed by atoms with Gasteiger partial charge >= 0.3 is 0 Å². The Balaban J connectivity index is 1.61. The number of hydrogen-bond acceptors (Lipinski definition) is 6. The first-order valence-corrected chi connectivity index (χ1v) is 9.07. The molecule has 1 N–H and O–H groups in total. The molecule has 0 saturated carbocycles. The van der Waals surface area contributed by atoms with E-state index in [1.807, 2.05) is 48.5 Å². The van der Waals surface area contributed by atoms with Crippen LogP contribution in [0.3, 0.4) is 0 Å². The molecule has 3 rings (SSSR count). The molecule has 0 fully saturated rings. The summed E-state index contributed by atoms with van der Waals surface area (Å²) < 4.78 is 10.6. The maximum absolute atomic E-state index is 12.0. The molecule has 138 valence electrons. The van der Waals surface area contributed by atoms with Crippen molar-refractivity contribution < 1.29 is 14.3 Å². The molecule has 3 aromatic rings. The largest absolute Gasteiger partial charge is 0.493 e. The van der Waals surface area contributed by atoms with Gasteiger partial charge in [0, 0.05) is 12.5 Å². The Morgan fingerprint density at radius 3 is 2.59 bits per heavy atom. The van der Waals surface area contributed by atoms with Gasteiger partial charge in [-0.05, 0) is 29.3 Å². The van der Waals surface area contributed by atoms with Crippen molar-refractivity contribution in [2.24, 2.45) is 0 Å². The van der Waals surface area contributed by atoms with Crippen molar-refractivity contribution in [2.45, 2.75) is 6.42 Å². The number of amides is 1. The van der Waals surface area contributed by atoms with Crippen LogP contribution in [-0.2, 0) is 11.2 Å². The summed E-state index contributed by atoms with van der Waals surface area (Å²) in [5.41, 5.74) is 1.98. The first-order valence-electron chi connectivity index (χ1n) is 8.25. The molecule has 0 aliphatic heterocycles. The molecular weight excluding hydrogens is 362 g/mol. The summed E-state index contributed by atoms with van der Waals surface area (Å²) in [6, 6.07) is 15.3. The number of rotatable bonds is 7. The molecule has 0 spiro atoms. The van der Waals surface area contributed by atoms with E-state index in [2.05, 4.69) is 15.5 Å². The van der Waals surface area contributed by atoms with Crippen LogP contribution in [0.4, 0.5) is 5.13 Å². The molecular formula is C20H19N3O3S. The van der Waals surface area contributed by atoms with E-state index in [9.17, 15) is 4.79 Å². The number of ether oxygens (including phenoxy) is 2. The maximum Gasteiger partial charge on any atom is 0.250 e. The number of methoxy groups -OCH3 is 2. The lowest BCUT2D eigenvalue weighted by Gasteiger charge is -2.08. The van der Waals surface area contributed by atoms with Gasteiger partial charge in [-0.15, -0.1) is 10.2 Å². The highest BCUT2D eigenvalue weighted by molar-refractivity contribution is 7.15. The van der Waals surface area contributed by atoms with Gasteiger partial charge < -0.3 is 9.47 Å². The summed E-state index contributed by atoms with van der Waals surface area (Å²) >= 11 is 1.34. The van der Waals surface area contributed by atoms with E-state index < -0.39 is 0 Å². The average Bonchev–Trinajstić information content (AvgIpc) is 3.13. The minimum Gasteiger partial charge on any atom is -0.493 e. The molecule has 0 atom stereocenters. The molecule has 0 radical (unpaired) electrons. The van der Waals surface area contributed by atoms with Crippen LogP contribution in [0.15, 0.2) is 54.6 Å². The van der Waals surface area contributed by atoms with Crippen LogP contribution in [-0.4, -0.2) is 30.3 Å². The van der Waals surface area contributed by atoms with E-state index in [1.54, 1.807) is 20.3 Å². The van der Waals surface area contributed by atoms with Gasteiger partial charge in [0.1, 0.15) is 5.01 Å². The highest BCUT2D eigenvalue weighted by Gasteiger charge is 2.10. The molecule has 6 nitrogen and oxygen atoms in total. The smallest absolute Gasteiger partial charge is 0.250 e. The van der Waals surface area contributed by atoms with Crippen LogP contribution in [0, 0.1) is 0 Å². The Bertz CT molecular complexity index is 939. The van der Waals surface area contributed by atoms with Gasteiger partial charge in [-0.2, -0.15) is 0 Å². The van der Waals surface area contributed by atoms with E-state index in [1.165, 1.54) is 17.4 Å². The fraction of sp³-hybridized carbons (Fsp3) is 0.150. The van der Waals surface area contributed by atoms with Gasteiger partial charge in [0.15, 0.2) is 11.5 Å². The van der Waals surface area contributed by atoms with E-state index in [-0.39, 0.29) is 5.91 Å². The monoisotopic (exact) mass is 381 g/mol. The zero-order chi connectivity index (χ0) is 19.1. The normalized spacial score (nSPS) is 10.7. The van der Waals surface area contributed by atoms with Gasteiger partial charge in [0.25, 0.3) is 0 Å². The molecule has 0 aliphatic rings. The quantitative estimate of drug-likeness (QED) is 0.630. The van der Waals surface area contributed by atoms with Gasteiger partial charge in [-0.3, -0.25) is 10.1 Å². The predicted octanol–water partition coefficient (Wildman–Crippen LogP) is 3.80. The summed E-state index contributed by atoms with van der Waals surface area (Å²) in [4.78, 5) is 12.0. The Labute approximate surface area is 161 Å². The standard InChI is InChI=1S/C20H19N3O3S/c1-25-16-10-8-15(12-17(16)26-2)13-19-22-23-20(27-19)21-18(24)11-9-14-6-4-3-5-7-14/h3-12H,13H2,1-2H3,(H,21,23,24)/b11-9+. The van der Waals surface area contributed by atoms with Gasteiger partial charge in [0.2, 0.25) is 11.0 Å². The Morgan fingerprint density at radius 1 is 1.07 bits per heavy atom. The minimum atomic E-state index is -0.243. The highest BCUT2D eigenvalue weighted by Crippen LogP contribution is 2.29. The highest BCUT2D eigenvalue weighted by atomic mass is 32.1. The predicted molar refractivity (Wildman–Crippen MR) is 106 cm³/mol. The third-order valence-electron chi connectivity index (χ3n) is 3.73. The number of hydrogen-bond donors (Lipinski definition) is 1. The molecule has 7 heteroatoms. The topological polar surface area (TPSA) is 73.3 Å². The van der Waals surface area contributed by atoms with Gasteiger partial charge in [0.05, 0.1) is 14.2 Å². The first-order chi connectivity index (χ1) is 13.2. The number of nitrogens with zero attached hydrogens (tertiary/aromatic N) is 2. The second-order valence-corrected chi connectivity index (χ2v) is 6.66. The van der Waals surface area contributed by atoms with Crippen molar-refractivity contribution in [3.63, 3.8) is 0 Å². The lowest BCUT2D eigenvalue weighted by molar-refractivity contribution is -0.111. The van der Waals surface area contributed by atoms with Crippen LogP contribution < -0.4 is 14.8 Å². The zero-order valence-corrected chi connectivity index (χ0v) is 15.8. The van der Waals surface area contributed by atoms with E-state index in [0.29, 0.717) is 23.1 Å². The molecule has 1 amide bonds. The number of aromatic nitrogens is 2. The van der Waals surface area contributed by atoms with Crippen molar-refractivity contribution in [1.82, 2.24) is 10.2 Å². The molecule has 0 unspecified atom stereocenters. The SMILES string of the molecule is COc1ccc(Cc2nnc(NC(=O)/C=C/c3ccccc3)s2)cc1OC. The van der Waals surface area contributed by atoms with Crippen LogP contribution in [0.25, 0.3) is 6.08 Å². The summed E-state index contributed by atoms with van der Waals surface area (Å²) in [6.07, 6.45) is 3.82. The van der Waals surface area contributed by atoms with Gasteiger partial charge in [-0.1, -0.05) is 47.7 Å². The molecule has 0 bridgehead atoms. The minimum absolute atomic E-state index is 0.243. The van der Waals surface area contributed by atoms with E-state index in [0.717, 1.165) is 16.1 Å².